The fourth-order valence-corrected chi connectivity index (χ4v) is 2.84. The fourth-order valence-electron chi connectivity index (χ4n) is 2.84. The van der Waals surface area contributed by atoms with Crippen LogP contribution in [0.3, 0.4) is 0 Å². The Morgan fingerprint density at radius 3 is 2.87 bits per heavy atom. The summed E-state index contributed by atoms with van der Waals surface area (Å²) in [5.74, 6) is 3.62. The smallest absolute Gasteiger partial charge is 0.249 e. The molecule has 0 bridgehead atoms. The van der Waals surface area contributed by atoms with Crippen molar-refractivity contribution in [2.75, 3.05) is 30.1 Å². The molecule has 4 rings (SSSR count). The van der Waals surface area contributed by atoms with Crippen molar-refractivity contribution in [1.29, 1.82) is 0 Å². The second-order valence-corrected chi connectivity index (χ2v) is 6.00. The Hall–Kier alpha value is -2.57. The number of anilines is 3. The van der Waals surface area contributed by atoms with Crippen LogP contribution < -0.4 is 19.7 Å². The lowest BCUT2D eigenvalue weighted by Gasteiger charge is -2.30. The number of aromatic nitrogens is 3. The molecule has 1 aromatic heterocycles. The predicted octanol–water partition coefficient (Wildman–Crippen LogP) is 2.58. The quantitative estimate of drug-likeness (QED) is 0.933. The first-order chi connectivity index (χ1) is 11.3. The van der Waals surface area contributed by atoms with E-state index in [-0.39, 0.29) is 6.79 Å². The van der Waals surface area contributed by atoms with Crippen LogP contribution in [0.1, 0.15) is 19.8 Å². The molecule has 0 amide bonds. The number of hydrogen-bond acceptors (Lipinski definition) is 7. The molecule has 0 atom stereocenters. The monoisotopic (exact) mass is 313 g/mol. The summed E-state index contributed by atoms with van der Waals surface area (Å²) < 4.78 is 10.7. The minimum Gasteiger partial charge on any atom is -0.454 e. The summed E-state index contributed by atoms with van der Waals surface area (Å²) in [6.07, 6.45) is 4.10. The zero-order valence-electron chi connectivity index (χ0n) is 13.0. The van der Waals surface area contributed by atoms with Crippen LogP contribution >= 0.6 is 0 Å². The van der Waals surface area contributed by atoms with Crippen molar-refractivity contribution in [2.24, 2.45) is 5.92 Å². The van der Waals surface area contributed by atoms with Gasteiger partial charge in [-0.1, -0.05) is 6.92 Å². The maximum absolute atomic E-state index is 5.38. The number of ether oxygens (including phenoxy) is 2. The fraction of sp³-hybridized carbons (Fsp3) is 0.438. The summed E-state index contributed by atoms with van der Waals surface area (Å²) in [7, 11) is 0. The lowest BCUT2D eigenvalue weighted by Crippen LogP contribution is -2.33. The summed E-state index contributed by atoms with van der Waals surface area (Å²) in [6.45, 7) is 4.59. The van der Waals surface area contributed by atoms with Crippen molar-refractivity contribution in [1.82, 2.24) is 15.2 Å². The van der Waals surface area contributed by atoms with Crippen LogP contribution in [0.15, 0.2) is 24.4 Å². The molecule has 2 aliphatic heterocycles. The van der Waals surface area contributed by atoms with Crippen LogP contribution in [0.25, 0.3) is 0 Å². The van der Waals surface area contributed by atoms with Crippen molar-refractivity contribution in [3.05, 3.63) is 24.4 Å². The maximum atomic E-state index is 5.38. The lowest BCUT2D eigenvalue weighted by molar-refractivity contribution is 0.174. The Morgan fingerprint density at radius 1 is 1.17 bits per heavy atom. The Balaban J connectivity index is 1.50. The van der Waals surface area contributed by atoms with Crippen molar-refractivity contribution in [3.63, 3.8) is 0 Å². The van der Waals surface area contributed by atoms with E-state index in [1.54, 1.807) is 6.20 Å². The predicted molar refractivity (Wildman–Crippen MR) is 86.3 cm³/mol. The first-order valence-corrected chi connectivity index (χ1v) is 7.89. The van der Waals surface area contributed by atoms with Gasteiger partial charge in [0.05, 0.1) is 6.20 Å². The van der Waals surface area contributed by atoms with Crippen molar-refractivity contribution in [3.8, 4) is 11.5 Å². The highest BCUT2D eigenvalue weighted by Crippen LogP contribution is 2.34. The topological polar surface area (TPSA) is 72.4 Å². The molecule has 1 fully saturated rings. The Labute approximate surface area is 134 Å². The van der Waals surface area contributed by atoms with E-state index in [2.05, 4.69) is 32.3 Å². The van der Waals surface area contributed by atoms with Gasteiger partial charge in [-0.05, 0) is 30.9 Å². The second kappa shape index (κ2) is 5.91. The van der Waals surface area contributed by atoms with Gasteiger partial charge in [0.15, 0.2) is 17.3 Å². The first kappa shape index (κ1) is 14.0. The van der Waals surface area contributed by atoms with E-state index in [9.17, 15) is 0 Å². The highest BCUT2D eigenvalue weighted by Gasteiger charge is 2.18. The van der Waals surface area contributed by atoms with Crippen LogP contribution in [0, 0.1) is 5.92 Å². The number of piperidine rings is 1. The summed E-state index contributed by atoms with van der Waals surface area (Å²) >= 11 is 0. The lowest BCUT2D eigenvalue weighted by atomic mass is 9.99. The Kier molecular flexibility index (Phi) is 3.61. The highest BCUT2D eigenvalue weighted by molar-refractivity contribution is 5.60. The third-order valence-corrected chi connectivity index (χ3v) is 4.28. The third-order valence-electron chi connectivity index (χ3n) is 4.28. The number of fused-ring (bicyclic) bond motifs is 1. The zero-order chi connectivity index (χ0) is 15.6. The molecule has 0 saturated carbocycles. The minimum atomic E-state index is 0.264. The van der Waals surface area contributed by atoms with E-state index in [4.69, 9.17) is 9.47 Å². The first-order valence-electron chi connectivity index (χ1n) is 7.89. The highest BCUT2D eigenvalue weighted by atomic mass is 16.7. The molecule has 0 unspecified atom stereocenters. The number of nitrogens with one attached hydrogen (secondary N) is 1. The third kappa shape index (κ3) is 2.99. The molecule has 3 heterocycles. The summed E-state index contributed by atoms with van der Waals surface area (Å²) in [5, 5.41) is 11.3. The van der Waals surface area contributed by atoms with Crippen LogP contribution in [0.4, 0.5) is 17.5 Å². The molecule has 120 valence electrons. The van der Waals surface area contributed by atoms with Crippen molar-refractivity contribution in [2.45, 2.75) is 19.8 Å². The summed E-state index contributed by atoms with van der Waals surface area (Å²) in [4.78, 5) is 6.84. The average molecular weight is 313 g/mol. The molecule has 0 radical (unpaired) electrons. The molecule has 1 saturated heterocycles. The number of hydrogen-bond donors (Lipinski definition) is 1. The van der Waals surface area contributed by atoms with E-state index < -0.39 is 0 Å². The molecular weight excluding hydrogens is 294 g/mol. The normalized spacial score (nSPS) is 17.3. The molecular formula is C16H19N5O2. The molecule has 23 heavy (non-hydrogen) atoms. The van der Waals surface area contributed by atoms with Gasteiger partial charge < -0.3 is 19.7 Å². The van der Waals surface area contributed by atoms with E-state index in [1.165, 1.54) is 12.8 Å². The summed E-state index contributed by atoms with van der Waals surface area (Å²) in [6, 6.07) is 5.65. The van der Waals surface area contributed by atoms with Crippen molar-refractivity contribution < 1.29 is 9.47 Å². The van der Waals surface area contributed by atoms with E-state index in [0.29, 0.717) is 5.95 Å². The molecule has 7 nitrogen and oxygen atoms in total. The largest absolute Gasteiger partial charge is 0.454 e. The molecule has 1 aromatic carbocycles. The van der Waals surface area contributed by atoms with Gasteiger partial charge in [-0.25, -0.2) is 0 Å². The molecule has 7 heteroatoms. The van der Waals surface area contributed by atoms with Gasteiger partial charge in [0.1, 0.15) is 0 Å². The number of benzene rings is 1. The maximum Gasteiger partial charge on any atom is 0.249 e. The van der Waals surface area contributed by atoms with Crippen LogP contribution in [0.5, 0.6) is 11.5 Å². The van der Waals surface area contributed by atoms with Gasteiger partial charge in [-0.3, -0.25) is 0 Å². The van der Waals surface area contributed by atoms with Gasteiger partial charge in [0.2, 0.25) is 12.7 Å². The zero-order valence-corrected chi connectivity index (χ0v) is 13.0. The van der Waals surface area contributed by atoms with E-state index >= 15 is 0 Å². The van der Waals surface area contributed by atoms with Crippen LogP contribution in [-0.4, -0.2) is 35.1 Å². The summed E-state index contributed by atoms with van der Waals surface area (Å²) in [5.41, 5.74) is 0.848. The molecule has 0 spiro atoms. The molecule has 2 aliphatic rings. The molecule has 0 aliphatic carbocycles. The van der Waals surface area contributed by atoms with Gasteiger partial charge in [-0.15, -0.1) is 5.10 Å². The Bertz CT molecular complexity index is 701. The Morgan fingerprint density at radius 2 is 2.00 bits per heavy atom. The molecule has 1 N–H and O–H groups in total. The van der Waals surface area contributed by atoms with Crippen LogP contribution in [0.2, 0.25) is 0 Å². The minimum absolute atomic E-state index is 0.264. The number of rotatable bonds is 3. The standard InChI is InChI=1S/C16H19N5O2/c1-11-4-6-21(7-5-11)15-9-17-20-16(19-15)18-12-2-3-13-14(8-12)23-10-22-13/h2-3,8-9,11H,4-7,10H2,1H3,(H,18,19,20). The second-order valence-electron chi connectivity index (χ2n) is 6.00. The van der Waals surface area contributed by atoms with E-state index in [0.717, 1.165) is 42.0 Å². The van der Waals surface area contributed by atoms with Gasteiger partial charge in [0, 0.05) is 24.8 Å². The SMILES string of the molecule is CC1CCN(c2cnnc(Nc3ccc4c(c3)OCO4)n2)CC1. The molecule has 2 aromatic rings. The van der Waals surface area contributed by atoms with Gasteiger partial charge in [0.25, 0.3) is 0 Å². The van der Waals surface area contributed by atoms with Gasteiger partial charge in [-0.2, -0.15) is 10.1 Å². The van der Waals surface area contributed by atoms with Crippen molar-refractivity contribution >= 4 is 17.5 Å². The van der Waals surface area contributed by atoms with Crippen LogP contribution in [-0.2, 0) is 0 Å². The number of nitrogens with zero attached hydrogens (tertiary/aromatic N) is 4. The average Bonchev–Trinajstić information content (AvgIpc) is 3.03. The van der Waals surface area contributed by atoms with E-state index in [1.807, 2.05) is 18.2 Å². The van der Waals surface area contributed by atoms with Gasteiger partial charge >= 0.3 is 0 Å².